The van der Waals surface area contributed by atoms with Crippen LogP contribution in [0.25, 0.3) is 0 Å². The average molecular weight is 354 g/mol. The van der Waals surface area contributed by atoms with Crippen molar-refractivity contribution in [2.45, 2.75) is 13.8 Å². The van der Waals surface area contributed by atoms with Crippen molar-refractivity contribution in [1.29, 1.82) is 0 Å². The number of amides is 1. The number of hydrogen-bond donors (Lipinski definition) is 1. The van der Waals surface area contributed by atoms with E-state index in [1.54, 1.807) is 18.2 Å². The first kappa shape index (κ1) is 17.8. The molecule has 0 atom stereocenters. The normalized spacial score (nSPS) is 12.8. The van der Waals surface area contributed by atoms with Gasteiger partial charge in [0.15, 0.2) is 5.78 Å². The Morgan fingerprint density at radius 2 is 2.04 bits per heavy atom. The van der Waals surface area contributed by atoms with Gasteiger partial charge in [0.25, 0.3) is 0 Å². The summed E-state index contributed by atoms with van der Waals surface area (Å²) in [5.74, 6) is 1.15. The van der Waals surface area contributed by atoms with Gasteiger partial charge in [-0.15, -0.1) is 0 Å². The molecule has 2 aromatic carbocycles. The molecule has 0 aliphatic carbocycles. The molecule has 136 valence electrons. The number of nitrogens with one attached hydrogen (secondary N) is 1. The number of ketones is 1. The van der Waals surface area contributed by atoms with Crippen LogP contribution < -0.4 is 19.7 Å². The van der Waals surface area contributed by atoms with Crippen LogP contribution in [-0.2, 0) is 4.79 Å². The lowest BCUT2D eigenvalue weighted by atomic mass is 10.1. The van der Waals surface area contributed by atoms with Gasteiger partial charge in [0.1, 0.15) is 18.1 Å². The van der Waals surface area contributed by atoms with Crippen LogP contribution >= 0.6 is 0 Å². The SMILES string of the molecule is CCOc1ccccc1NC(=O)CN1CCOc2ccc(C(C)=O)cc21. The Hall–Kier alpha value is -3.02. The third kappa shape index (κ3) is 3.96. The lowest BCUT2D eigenvalue weighted by Gasteiger charge is -2.31. The minimum atomic E-state index is -0.154. The van der Waals surface area contributed by atoms with Crippen LogP contribution in [0.4, 0.5) is 11.4 Å². The molecule has 0 unspecified atom stereocenters. The molecule has 3 rings (SSSR count). The second kappa shape index (κ2) is 7.91. The molecule has 6 heteroatoms. The fourth-order valence-electron chi connectivity index (χ4n) is 2.87. The smallest absolute Gasteiger partial charge is 0.243 e. The Labute approximate surface area is 152 Å². The molecule has 1 N–H and O–H groups in total. The number of benzene rings is 2. The predicted molar refractivity (Wildman–Crippen MR) is 100 cm³/mol. The lowest BCUT2D eigenvalue weighted by Crippen LogP contribution is -2.39. The number of carbonyl (C=O) groups is 2. The highest BCUT2D eigenvalue weighted by Crippen LogP contribution is 2.32. The molecule has 1 aliphatic heterocycles. The monoisotopic (exact) mass is 354 g/mol. The molecular formula is C20H22N2O4. The summed E-state index contributed by atoms with van der Waals surface area (Å²) in [7, 11) is 0. The number of hydrogen-bond acceptors (Lipinski definition) is 5. The zero-order valence-corrected chi connectivity index (χ0v) is 15.0. The number of ether oxygens (including phenoxy) is 2. The van der Waals surface area contributed by atoms with Gasteiger partial charge < -0.3 is 19.7 Å². The number of fused-ring (bicyclic) bond motifs is 1. The molecule has 0 radical (unpaired) electrons. The highest BCUT2D eigenvalue weighted by molar-refractivity contribution is 5.97. The van der Waals surface area contributed by atoms with Gasteiger partial charge in [0.05, 0.1) is 31.1 Å². The molecular weight excluding hydrogens is 332 g/mol. The van der Waals surface area contributed by atoms with Gasteiger partial charge in [-0.05, 0) is 44.2 Å². The Morgan fingerprint density at radius 3 is 2.81 bits per heavy atom. The van der Waals surface area contributed by atoms with Crippen molar-refractivity contribution in [3.63, 3.8) is 0 Å². The van der Waals surface area contributed by atoms with Crippen LogP contribution in [0.3, 0.4) is 0 Å². The minimum absolute atomic E-state index is 0.0200. The van der Waals surface area contributed by atoms with E-state index in [9.17, 15) is 9.59 Å². The summed E-state index contributed by atoms with van der Waals surface area (Å²) in [5.41, 5.74) is 2.00. The first-order chi connectivity index (χ1) is 12.6. The van der Waals surface area contributed by atoms with Gasteiger partial charge in [0.2, 0.25) is 5.91 Å². The highest BCUT2D eigenvalue weighted by Gasteiger charge is 2.22. The van der Waals surface area contributed by atoms with E-state index in [1.165, 1.54) is 6.92 Å². The Balaban J connectivity index is 1.75. The van der Waals surface area contributed by atoms with E-state index in [0.29, 0.717) is 42.5 Å². The second-order valence-electron chi connectivity index (χ2n) is 5.99. The van der Waals surface area contributed by atoms with Gasteiger partial charge in [-0.25, -0.2) is 0 Å². The molecule has 0 bridgehead atoms. The number of carbonyl (C=O) groups excluding carboxylic acids is 2. The van der Waals surface area contributed by atoms with Crippen molar-refractivity contribution < 1.29 is 19.1 Å². The first-order valence-corrected chi connectivity index (χ1v) is 8.63. The first-order valence-electron chi connectivity index (χ1n) is 8.63. The van der Waals surface area contributed by atoms with E-state index >= 15 is 0 Å². The van der Waals surface area contributed by atoms with Crippen molar-refractivity contribution in [2.24, 2.45) is 0 Å². The predicted octanol–water partition coefficient (Wildman–Crippen LogP) is 3.13. The van der Waals surface area contributed by atoms with Crippen LogP contribution in [0.1, 0.15) is 24.2 Å². The van der Waals surface area contributed by atoms with E-state index in [2.05, 4.69) is 5.32 Å². The molecule has 0 fully saturated rings. The maximum Gasteiger partial charge on any atom is 0.243 e. The van der Waals surface area contributed by atoms with Crippen LogP contribution in [0.5, 0.6) is 11.5 Å². The van der Waals surface area contributed by atoms with Crippen molar-refractivity contribution in [1.82, 2.24) is 0 Å². The maximum absolute atomic E-state index is 12.5. The van der Waals surface area contributed by atoms with Gasteiger partial charge in [-0.3, -0.25) is 9.59 Å². The largest absolute Gasteiger partial charge is 0.492 e. The number of para-hydroxylation sites is 2. The van der Waals surface area contributed by atoms with Crippen molar-refractivity contribution >= 4 is 23.1 Å². The molecule has 1 amide bonds. The summed E-state index contributed by atoms with van der Waals surface area (Å²) in [6, 6.07) is 12.6. The van der Waals surface area contributed by atoms with Crippen molar-refractivity contribution in [3.05, 3.63) is 48.0 Å². The van der Waals surface area contributed by atoms with E-state index in [1.807, 2.05) is 36.1 Å². The van der Waals surface area contributed by atoms with Crippen LogP contribution in [-0.4, -0.2) is 38.0 Å². The number of Topliss-reactive ketones (excluding diaryl/α,β-unsaturated/α-hetero) is 1. The summed E-state index contributed by atoms with van der Waals surface area (Å²) < 4.78 is 11.2. The van der Waals surface area contributed by atoms with Crippen molar-refractivity contribution in [2.75, 3.05) is 36.5 Å². The van der Waals surface area contributed by atoms with Gasteiger partial charge in [-0.2, -0.15) is 0 Å². The third-order valence-corrected chi connectivity index (χ3v) is 4.12. The molecule has 1 aliphatic rings. The number of anilines is 2. The molecule has 0 aromatic heterocycles. The summed E-state index contributed by atoms with van der Waals surface area (Å²) in [6.45, 7) is 5.18. The quantitative estimate of drug-likeness (QED) is 0.807. The number of rotatable bonds is 6. The third-order valence-electron chi connectivity index (χ3n) is 4.12. The summed E-state index contributed by atoms with van der Waals surface area (Å²) in [6.07, 6.45) is 0. The molecule has 1 heterocycles. The van der Waals surface area contributed by atoms with Crippen molar-refractivity contribution in [3.8, 4) is 11.5 Å². The van der Waals surface area contributed by atoms with E-state index in [-0.39, 0.29) is 18.2 Å². The fourth-order valence-corrected chi connectivity index (χ4v) is 2.87. The molecule has 26 heavy (non-hydrogen) atoms. The Bertz CT molecular complexity index is 819. The van der Waals surface area contributed by atoms with Crippen LogP contribution in [0.2, 0.25) is 0 Å². The van der Waals surface area contributed by atoms with Gasteiger partial charge >= 0.3 is 0 Å². The fraction of sp³-hybridized carbons (Fsp3) is 0.300. The lowest BCUT2D eigenvalue weighted by molar-refractivity contribution is -0.115. The summed E-state index contributed by atoms with van der Waals surface area (Å²) >= 11 is 0. The molecule has 0 spiro atoms. The number of nitrogens with zero attached hydrogens (tertiary/aromatic N) is 1. The van der Waals surface area contributed by atoms with Crippen LogP contribution in [0.15, 0.2) is 42.5 Å². The highest BCUT2D eigenvalue weighted by atomic mass is 16.5. The molecule has 0 saturated heterocycles. The molecule has 0 saturated carbocycles. The zero-order valence-electron chi connectivity index (χ0n) is 15.0. The second-order valence-corrected chi connectivity index (χ2v) is 5.99. The van der Waals surface area contributed by atoms with Gasteiger partial charge in [-0.1, -0.05) is 12.1 Å². The maximum atomic E-state index is 12.5. The van der Waals surface area contributed by atoms with E-state index < -0.39 is 0 Å². The van der Waals surface area contributed by atoms with Crippen LogP contribution in [0, 0.1) is 0 Å². The molecule has 2 aromatic rings. The summed E-state index contributed by atoms with van der Waals surface area (Å²) in [4.78, 5) is 26.1. The summed E-state index contributed by atoms with van der Waals surface area (Å²) in [5, 5.41) is 2.90. The topological polar surface area (TPSA) is 67.9 Å². The minimum Gasteiger partial charge on any atom is -0.492 e. The molecule has 6 nitrogen and oxygen atoms in total. The average Bonchev–Trinajstić information content (AvgIpc) is 2.63. The van der Waals surface area contributed by atoms with E-state index in [0.717, 1.165) is 5.69 Å². The van der Waals surface area contributed by atoms with E-state index in [4.69, 9.17) is 9.47 Å². The zero-order chi connectivity index (χ0) is 18.5. The Morgan fingerprint density at radius 1 is 1.23 bits per heavy atom. The Kier molecular flexibility index (Phi) is 5.41. The standard InChI is InChI=1S/C20H22N2O4/c1-3-25-18-7-5-4-6-16(18)21-20(24)13-22-10-11-26-19-9-8-15(14(2)23)12-17(19)22/h4-9,12H,3,10-11,13H2,1-2H3,(H,21,24). The van der Waals surface area contributed by atoms with Gasteiger partial charge in [0, 0.05) is 5.56 Å².